The number of nitrogens with two attached hydrogens (primary N) is 1. The lowest BCUT2D eigenvalue weighted by molar-refractivity contribution is 1.42. The van der Waals surface area contributed by atoms with Crippen molar-refractivity contribution in [1.82, 2.24) is 4.98 Å². The Kier molecular flexibility index (Phi) is 1.94. The van der Waals surface area contributed by atoms with Gasteiger partial charge in [-0.2, -0.15) is 0 Å². The second kappa shape index (κ2) is 2.97. The maximum absolute atomic E-state index is 7.25. The third-order valence-electron chi connectivity index (χ3n) is 1.61. The Bertz CT molecular complexity index is 477. The summed E-state index contributed by atoms with van der Waals surface area (Å²) in [7, 11) is 0. The molecule has 2 heterocycles. The SMILES string of the molecule is N=C(N)c1cc2nc(Cl)ccc2s1. The molecule has 3 N–H and O–H groups in total. The van der Waals surface area contributed by atoms with Crippen molar-refractivity contribution >= 4 is 39.0 Å². The maximum atomic E-state index is 7.25. The molecule has 0 saturated heterocycles. The van der Waals surface area contributed by atoms with Gasteiger partial charge in [0, 0.05) is 0 Å². The van der Waals surface area contributed by atoms with Crippen molar-refractivity contribution in [2.45, 2.75) is 0 Å². The van der Waals surface area contributed by atoms with Gasteiger partial charge in [0.05, 0.1) is 15.1 Å². The summed E-state index contributed by atoms with van der Waals surface area (Å²) in [6.45, 7) is 0. The predicted molar refractivity (Wildman–Crippen MR) is 55.6 cm³/mol. The number of rotatable bonds is 1. The van der Waals surface area contributed by atoms with Crippen LogP contribution in [-0.2, 0) is 0 Å². The number of pyridine rings is 1. The van der Waals surface area contributed by atoms with E-state index in [-0.39, 0.29) is 5.84 Å². The van der Waals surface area contributed by atoms with E-state index in [1.54, 1.807) is 12.1 Å². The summed E-state index contributed by atoms with van der Waals surface area (Å²) in [6.07, 6.45) is 0. The summed E-state index contributed by atoms with van der Waals surface area (Å²) < 4.78 is 0.995. The van der Waals surface area contributed by atoms with Gasteiger partial charge in [0.15, 0.2) is 0 Å². The van der Waals surface area contributed by atoms with Gasteiger partial charge in [-0.1, -0.05) is 11.6 Å². The summed E-state index contributed by atoms with van der Waals surface area (Å²) in [4.78, 5) is 4.83. The fourth-order valence-electron chi connectivity index (χ4n) is 1.03. The predicted octanol–water partition coefficient (Wildman–Crippen LogP) is 2.23. The smallest absolute Gasteiger partial charge is 0.133 e. The zero-order chi connectivity index (χ0) is 9.42. The molecule has 2 aromatic heterocycles. The second-order valence-electron chi connectivity index (χ2n) is 2.54. The van der Waals surface area contributed by atoms with E-state index in [1.807, 2.05) is 6.07 Å². The van der Waals surface area contributed by atoms with Crippen LogP contribution in [0.5, 0.6) is 0 Å². The molecular formula is C8H6ClN3S. The van der Waals surface area contributed by atoms with Crippen molar-refractivity contribution in [2.24, 2.45) is 5.73 Å². The molecule has 0 spiro atoms. The molecule has 5 heteroatoms. The fraction of sp³-hybridized carbons (Fsp3) is 0. The maximum Gasteiger partial charge on any atom is 0.133 e. The van der Waals surface area contributed by atoms with Gasteiger partial charge in [-0.05, 0) is 18.2 Å². The van der Waals surface area contributed by atoms with Crippen molar-refractivity contribution in [3.63, 3.8) is 0 Å². The van der Waals surface area contributed by atoms with Gasteiger partial charge in [-0.25, -0.2) is 4.98 Å². The molecule has 13 heavy (non-hydrogen) atoms. The van der Waals surface area contributed by atoms with Crippen LogP contribution in [0.4, 0.5) is 0 Å². The van der Waals surface area contributed by atoms with Crippen molar-refractivity contribution in [3.05, 3.63) is 28.2 Å². The first-order valence-corrected chi connectivity index (χ1v) is 4.77. The van der Waals surface area contributed by atoms with E-state index in [0.717, 1.165) is 15.1 Å². The molecule has 3 nitrogen and oxygen atoms in total. The molecule has 0 amide bonds. The fourth-order valence-corrected chi connectivity index (χ4v) is 2.05. The van der Waals surface area contributed by atoms with Gasteiger partial charge in [0.25, 0.3) is 0 Å². The van der Waals surface area contributed by atoms with Gasteiger partial charge in [-0.15, -0.1) is 11.3 Å². The summed E-state index contributed by atoms with van der Waals surface area (Å²) >= 11 is 7.16. The molecule has 0 saturated carbocycles. The monoisotopic (exact) mass is 211 g/mol. The number of amidine groups is 1. The molecule has 0 fully saturated rings. The molecule has 0 atom stereocenters. The average molecular weight is 212 g/mol. The first-order valence-electron chi connectivity index (χ1n) is 3.57. The van der Waals surface area contributed by atoms with Crippen LogP contribution in [0.1, 0.15) is 4.88 Å². The van der Waals surface area contributed by atoms with Gasteiger partial charge in [-0.3, -0.25) is 5.41 Å². The van der Waals surface area contributed by atoms with Crippen molar-refractivity contribution in [1.29, 1.82) is 5.41 Å². The highest BCUT2D eigenvalue weighted by Crippen LogP contribution is 2.24. The van der Waals surface area contributed by atoms with Gasteiger partial charge in [0.1, 0.15) is 11.0 Å². The minimum atomic E-state index is 0.0686. The van der Waals surface area contributed by atoms with Crippen molar-refractivity contribution in [2.75, 3.05) is 0 Å². The minimum absolute atomic E-state index is 0.0686. The van der Waals surface area contributed by atoms with Gasteiger partial charge in [0.2, 0.25) is 0 Å². The summed E-state index contributed by atoms with van der Waals surface area (Å²) in [5.74, 6) is 0.0686. The number of fused-ring (bicyclic) bond motifs is 1. The van der Waals surface area contributed by atoms with E-state index in [9.17, 15) is 0 Å². The van der Waals surface area contributed by atoms with Gasteiger partial charge >= 0.3 is 0 Å². The van der Waals surface area contributed by atoms with E-state index >= 15 is 0 Å². The second-order valence-corrected chi connectivity index (χ2v) is 4.01. The standard InChI is InChI=1S/C8H6ClN3S/c9-7-2-1-5-4(12-7)3-6(13-5)8(10)11/h1-3H,(H3,10,11). The third kappa shape index (κ3) is 1.50. The molecule has 0 radical (unpaired) electrons. The van der Waals surface area contributed by atoms with E-state index < -0.39 is 0 Å². The van der Waals surface area contributed by atoms with Crippen molar-refractivity contribution < 1.29 is 0 Å². The Morgan fingerprint density at radius 1 is 1.54 bits per heavy atom. The number of aromatic nitrogens is 1. The molecule has 0 aliphatic rings. The Hall–Kier alpha value is -1.13. The van der Waals surface area contributed by atoms with E-state index in [2.05, 4.69) is 4.98 Å². The highest BCUT2D eigenvalue weighted by atomic mass is 35.5. The van der Waals surface area contributed by atoms with Crippen LogP contribution in [0.15, 0.2) is 18.2 Å². The number of nitrogen functional groups attached to an aromatic ring is 1. The summed E-state index contributed by atoms with van der Waals surface area (Å²) in [6, 6.07) is 5.38. The number of hydrogen-bond acceptors (Lipinski definition) is 3. The molecule has 2 aromatic rings. The number of nitrogens with one attached hydrogen (secondary N) is 1. The molecule has 0 unspecified atom stereocenters. The molecular weight excluding hydrogens is 206 g/mol. The minimum Gasteiger partial charge on any atom is -0.383 e. The number of nitrogens with zero attached hydrogens (tertiary/aromatic N) is 1. The molecule has 0 aliphatic heterocycles. The van der Waals surface area contributed by atoms with Crippen LogP contribution >= 0.6 is 22.9 Å². The van der Waals surface area contributed by atoms with Crippen LogP contribution in [0, 0.1) is 5.41 Å². The Labute approximate surface area is 83.7 Å². The lowest BCUT2D eigenvalue weighted by Gasteiger charge is -1.87. The molecule has 0 aromatic carbocycles. The molecule has 0 aliphatic carbocycles. The zero-order valence-corrected chi connectivity index (χ0v) is 8.12. The van der Waals surface area contributed by atoms with E-state index in [0.29, 0.717) is 5.15 Å². The number of halogens is 1. The number of thiophene rings is 1. The van der Waals surface area contributed by atoms with E-state index in [4.69, 9.17) is 22.7 Å². The highest BCUT2D eigenvalue weighted by Gasteiger charge is 2.04. The van der Waals surface area contributed by atoms with Crippen LogP contribution in [0.2, 0.25) is 5.15 Å². The van der Waals surface area contributed by atoms with Crippen LogP contribution in [0.25, 0.3) is 10.2 Å². The first-order chi connectivity index (χ1) is 6.16. The summed E-state index contributed by atoms with van der Waals surface area (Å²) in [5, 5.41) is 7.71. The topological polar surface area (TPSA) is 62.8 Å². The van der Waals surface area contributed by atoms with Crippen molar-refractivity contribution in [3.8, 4) is 0 Å². The lowest BCUT2D eigenvalue weighted by atomic mass is 10.3. The van der Waals surface area contributed by atoms with Crippen LogP contribution in [-0.4, -0.2) is 10.8 Å². The lowest BCUT2D eigenvalue weighted by Crippen LogP contribution is -2.08. The van der Waals surface area contributed by atoms with Crippen LogP contribution < -0.4 is 5.73 Å². The average Bonchev–Trinajstić information content (AvgIpc) is 2.46. The quantitative estimate of drug-likeness (QED) is 0.432. The zero-order valence-electron chi connectivity index (χ0n) is 6.54. The molecule has 0 bridgehead atoms. The Morgan fingerprint density at radius 3 is 3.00 bits per heavy atom. The molecule has 2 rings (SSSR count). The Morgan fingerprint density at radius 2 is 2.31 bits per heavy atom. The molecule has 66 valence electrons. The Balaban J connectivity index is 2.68. The summed E-state index contributed by atoms with van der Waals surface area (Å²) in [5.41, 5.74) is 6.14. The van der Waals surface area contributed by atoms with Crippen LogP contribution in [0.3, 0.4) is 0 Å². The van der Waals surface area contributed by atoms with E-state index in [1.165, 1.54) is 11.3 Å². The first kappa shape index (κ1) is 8.47. The highest BCUT2D eigenvalue weighted by molar-refractivity contribution is 7.20. The number of hydrogen-bond donors (Lipinski definition) is 2. The normalized spacial score (nSPS) is 10.5. The largest absolute Gasteiger partial charge is 0.383 e. The van der Waals surface area contributed by atoms with Gasteiger partial charge < -0.3 is 5.73 Å². The third-order valence-corrected chi connectivity index (χ3v) is 2.94.